The molecule has 0 aliphatic heterocycles. The summed E-state index contributed by atoms with van der Waals surface area (Å²) in [5.41, 5.74) is 1.74. The molecular formula is C21H23ClFN5O2. The molecule has 0 saturated carbocycles. The number of tetrazole rings is 1. The molecule has 9 heteroatoms. The van der Waals surface area contributed by atoms with Gasteiger partial charge in [-0.15, -0.1) is 5.10 Å². The molecule has 0 bridgehead atoms. The third-order valence-corrected chi connectivity index (χ3v) is 4.71. The molecule has 7 nitrogen and oxygen atoms in total. The van der Waals surface area contributed by atoms with Gasteiger partial charge in [-0.1, -0.05) is 25.4 Å². The maximum atomic E-state index is 14.6. The predicted octanol–water partition coefficient (Wildman–Crippen LogP) is 4.01. The zero-order valence-corrected chi connectivity index (χ0v) is 17.9. The molecule has 3 aromatic rings. The Morgan fingerprint density at radius 2 is 2.00 bits per heavy atom. The monoisotopic (exact) mass is 431 g/mol. The molecule has 1 aromatic heterocycles. The number of carbonyl (C=O) groups is 1. The normalized spacial score (nSPS) is 12.2. The van der Waals surface area contributed by atoms with E-state index in [1.165, 1.54) is 6.07 Å². The van der Waals surface area contributed by atoms with Gasteiger partial charge in [0, 0.05) is 35.2 Å². The Balaban J connectivity index is 2.12. The number of halogens is 2. The summed E-state index contributed by atoms with van der Waals surface area (Å²) in [5.74, 6) is -0.117. The average molecular weight is 432 g/mol. The van der Waals surface area contributed by atoms with Crippen LogP contribution in [0.1, 0.15) is 42.9 Å². The van der Waals surface area contributed by atoms with Crippen LogP contribution in [0.5, 0.6) is 0 Å². The van der Waals surface area contributed by atoms with Gasteiger partial charge in [0.05, 0.1) is 12.3 Å². The largest absolute Gasteiger partial charge is 0.383 e. The van der Waals surface area contributed by atoms with E-state index in [1.54, 1.807) is 42.1 Å². The van der Waals surface area contributed by atoms with Crippen LogP contribution in [-0.2, 0) is 4.74 Å². The predicted molar refractivity (Wildman–Crippen MR) is 112 cm³/mol. The summed E-state index contributed by atoms with van der Waals surface area (Å²) in [6.45, 7) is 6.13. The van der Waals surface area contributed by atoms with E-state index in [2.05, 4.69) is 20.8 Å². The lowest BCUT2D eigenvalue weighted by Gasteiger charge is -2.15. The number of nitrogens with one attached hydrogen (secondary N) is 1. The zero-order chi connectivity index (χ0) is 21.8. The van der Waals surface area contributed by atoms with Crippen LogP contribution in [0.25, 0.3) is 16.8 Å². The number of amides is 1. The van der Waals surface area contributed by atoms with Crippen molar-refractivity contribution in [2.24, 2.45) is 0 Å². The minimum absolute atomic E-state index is 0.0509. The summed E-state index contributed by atoms with van der Waals surface area (Å²) in [7, 11) is 1.57. The Morgan fingerprint density at radius 1 is 1.23 bits per heavy atom. The van der Waals surface area contributed by atoms with Crippen LogP contribution in [0.3, 0.4) is 0 Å². The topological polar surface area (TPSA) is 81.9 Å². The number of nitrogens with zero attached hydrogens (tertiary/aromatic N) is 4. The molecule has 0 radical (unpaired) electrons. The molecular weight excluding hydrogens is 409 g/mol. The smallest absolute Gasteiger partial charge is 0.251 e. The lowest BCUT2D eigenvalue weighted by Crippen LogP contribution is -2.35. The SMILES string of the molecule is COCC(C)NC(=O)c1cc(-c2ccc(Cl)cc2F)cc(-n2nnnc2C(C)C)c1. The van der Waals surface area contributed by atoms with Gasteiger partial charge in [-0.05, 0) is 59.3 Å². The molecule has 0 aliphatic rings. The number of rotatable bonds is 7. The Bertz CT molecular complexity index is 1050. The quantitative estimate of drug-likeness (QED) is 0.611. The third kappa shape index (κ3) is 4.83. The first kappa shape index (κ1) is 21.9. The fourth-order valence-electron chi connectivity index (χ4n) is 3.08. The lowest BCUT2D eigenvalue weighted by atomic mass is 10.0. The fourth-order valence-corrected chi connectivity index (χ4v) is 3.24. The first-order valence-corrected chi connectivity index (χ1v) is 9.87. The molecule has 3 rings (SSSR count). The van der Waals surface area contributed by atoms with Crippen LogP contribution in [-0.4, -0.2) is 45.9 Å². The van der Waals surface area contributed by atoms with E-state index in [0.717, 1.165) is 0 Å². The molecule has 1 N–H and O–H groups in total. The van der Waals surface area contributed by atoms with Crippen molar-refractivity contribution in [2.75, 3.05) is 13.7 Å². The van der Waals surface area contributed by atoms with Crippen LogP contribution in [0.2, 0.25) is 5.02 Å². The van der Waals surface area contributed by atoms with Crippen molar-refractivity contribution in [1.82, 2.24) is 25.5 Å². The fraction of sp³-hybridized carbons (Fsp3) is 0.333. The summed E-state index contributed by atoms with van der Waals surface area (Å²) >= 11 is 5.89. The molecule has 158 valence electrons. The number of benzene rings is 2. The van der Waals surface area contributed by atoms with Crippen molar-refractivity contribution in [3.8, 4) is 16.8 Å². The second-order valence-corrected chi connectivity index (χ2v) is 7.76. The maximum Gasteiger partial charge on any atom is 0.251 e. The summed E-state index contributed by atoms with van der Waals surface area (Å²) in [6, 6.07) is 9.27. The van der Waals surface area contributed by atoms with E-state index in [1.807, 2.05) is 20.8 Å². The number of methoxy groups -OCH3 is 1. The average Bonchev–Trinajstić information content (AvgIpc) is 3.18. The summed E-state index contributed by atoms with van der Waals surface area (Å²) in [5, 5.41) is 15.0. The molecule has 1 unspecified atom stereocenters. The summed E-state index contributed by atoms with van der Waals surface area (Å²) < 4.78 is 21.2. The van der Waals surface area contributed by atoms with Crippen LogP contribution in [0.4, 0.5) is 4.39 Å². The Hall–Kier alpha value is -2.84. The number of hydrogen-bond donors (Lipinski definition) is 1. The summed E-state index contributed by atoms with van der Waals surface area (Å²) in [4.78, 5) is 12.9. The maximum absolute atomic E-state index is 14.6. The van der Waals surface area contributed by atoms with Crippen molar-refractivity contribution < 1.29 is 13.9 Å². The van der Waals surface area contributed by atoms with E-state index in [4.69, 9.17) is 16.3 Å². The second-order valence-electron chi connectivity index (χ2n) is 7.33. The standard InChI is InChI=1S/C21H23ClFN5O2/c1-12(2)20-25-26-27-28(20)17-8-14(18-6-5-16(22)10-19(18)23)7-15(9-17)21(29)24-13(3)11-30-4/h5-10,12-13H,11H2,1-4H3,(H,24,29). The van der Waals surface area contributed by atoms with Gasteiger partial charge in [-0.3, -0.25) is 4.79 Å². The minimum atomic E-state index is -0.487. The van der Waals surface area contributed by atoms with Crippen molar-refractivity contribution in [3.05, 3.63) is 58.6 Å². The van der Waals surface area contributed by atoms with Gasteiger partial charge >= 0.3 is 0 Å². The second kappa shape index (κ2) is 9.32. The van der Waals surface area contributed by atoms with E-state index in [0.29, 0.717) is 39.8 Å². The van der Waals surface area contributed by atoms with E-state index < -0.39 is 5.82 Å². The molecule has 1 atom stereocenters. The summed E-state index contributed by atoms with van der Waals surface area (Å²) in [6.07, 6.45) is 0. The van der Waals surface area contributed by atoms with Gasteiger partial charge in [0.2, 0.25) is 0 Å². The molecule has 30 heavy (non-hydrogen) atoms. The number of carbonyl (C=O) groups excluding carboxylic acids is 1. The molecule has 0 saturated heterocycles. The number of hydrogen-bond acceptors (Lipinski definition) is 5. The first-order chi connectivity index (χ1) is 14.3. The van der Waals surface area contributed by atoms with Crippen molar-refractivity contribution in [2.45, 2.75) is 32.7 Å². The van der Waals surface area contributed by atoms with E-state index in [9.17, 15) is 9.18 Å². The van der Waals surface area contributed by atoms with Crippen LogP contribution in [0, 0.1) is 5.82 Å². The Kier molecular flexibility index (Phi) is 6.79. The van der Waals surface area contributed by atoms with Gasteiger partial charge in [0.1, 0.15) is 5.82 Å². The molecule has 0 fully saturated rings. The Labute approximate surface area is 179 Å². The zero-order valence-electron chi connectivity index (χ0n) is 17.2. The molecule has 0 aliphatic carbocycles. The van der Waals surface area contributed by atoms with Gasteiger partial charge in [-0.2, -0.15) is 4.68 Å². The van der Waals surface area contributed by atoms with Crippen molar-refractivity contribution in [3.63, 3.8) is 0 Å². The highest BCUT2D eigenvalue weighted by Crippen LogP contribution is 2.29. The minimum Gasteiger partial charge on any atom is -0.383 e. The highest BCUT2D eigenvalue weighted by molar-refractivity contribution is 6.30. The van der Waals surface area contributed by atoms with Crippen LogP contribution >= 0.6 is 11.6 Å². The Morgan fingerprint density at radius 3 is 2.67 bits per heavy atom. The van der Waals surface area contributed by atoms with Crippen molar-refractivity contribution in [1.29, 1.82) is 0 Å². The first-order valence-electron chi connectivity index (χ1n) is 9.49. The van der Waals surface area contributed by atoms with E-state index in [-0.39, 0.29) is 17.9 Å². The van der Waals surface area contributed by atoms with Gasteiger partial charge in [0.25, 0.3) is 5.91 Å². The molecule has 2 aromatic carbocycles. The van der Waals surface area contributed by atoms with Crippen LogP contribution < -0.4 is 5.32 Å². The van der Waals surface area contributed by atoms with Gasteiger partial charge in [-0.25, -0.2) is 4.39 Å². The van der Waals surface area contributed by atoms with Gasteiger partial charge < -0.3 is 10.1 Å². The highest BCUT2D eigenvalue weighted by atomic mass is 35.5. The van der Waals surface area contributed by atoms with Crippen LogP contribution in [0.15, 0.2) is 36.4 Å². The van der Waals surface area contributed by atoms with Gasteiger partial charge in [0.15, 0.2) is 5.82 Å². The number of aromatic nitrogens is 4. The van der Waals surface area contributed by atoms with E-state index >= 15 is 0 Å². The lowest BCUT2D eigenvalue weighted by molar-refractivity contribution is 0.0905. The molecule has 1 heterocycles. The highest BCUT2D eigenvalue weighted by Gasteiger charge is 2.18. The van der Waals surface area contributed by atoms with Crippen molar-refractivity contribution >= 4 is 17.5 Å². The molecule has 0 spiro atoms. The third-order valence-electron chi connectivity index (χ3n) is 4.47. The molecule has 1 amide bonds. The number of ether oxygens (including phenoxy) is 1.